The van der Waals surface area contributed by atoms with Gasteiger partial charge in [0.1, 0.15) is 11.2 Å². The predicted molar refractivity (Wildman–Crippen MR) is 139 cm³/mol. The zero-order chi connectivity index (χ0) is 24.6. The molecule has 0 saturated heterocycles. The van der Waals surface area contributed by atoms with Crippen molar-refractivity contribution in [3.63, 3.8) is 0 Å². The second kappa shape index (κ2) is 9.37. The summed E-state index contributed by atoms with van der Waals surface area (Å²) in [6.45, 7) is 7.08. The van der Waals surface area contributed by atoms with Gasteiger partial charge in [0.15, 0.2) is 0 Å². The predicted octanol–water partition coefficient (Wildman–Crippen LogP) is 5.57. The largest absolute Gasteiger partial charge is 0.351 e. The van der Waals surface area contributed by atoms with Crippen molar-refractivity contribution in [3.05, 3.63) is 83.6 Å². The number of aromatic nitrogens is 1. The number of fused-ring (bicyclic) bond motifs is 1. The number of carbonyl (C=O) groups is 2. The van der Waals surface area contributed by atoms with Gasteiger partial charge in [-0.05, 0) is 68.7 Å². The molecule has 2 amide bonds. The van der Waals surface area contributed by atoms with E-state index < -0.39 is 5.54 Å². The normalized spacial score (nSPS) is 24.2. The molecule has 1 unspecified atom stereocenters. The van der Waals surface area contributed by atoms with Gasteiger partial charge in [-0.2, -0.15) is 0 Å². The van der Waals surface area contributed by atoms with E-state index in [9.17, 15) is 9.59 Å². The van der Waals surface area contributed by atoms with Gasteiger partial charge in [0.05, 0.1) is 6.54 Å². The van der Waals surface area contributed by atoms with Crippen molar-refractivity contribution in [2.45, 2.75) is 71.1 Å². The molecule has 1 fully saturated rings. The van der Waals surface area contributed by atoms with Crippen LogP contribution in [0.1, 0.15) is 61.1 Å². The number of amides is 2. The van der Waals surface area contributed by atoms with Gasteiger partial charge >= 0.3 is 0 Å². The van der Waals surface area contributed by atoms with E-state index in [0.717, 1.165) is 42.5 Å². The van der Waals surface area contributed by atoms with Crippen LogP contribution in [-0.2, 0) is 17.9 Å². The molecule has 35 heavy (non-hydrogen) atoms. The van der Waals surface area contributed by atoms with Crippen LogP contribution >= 0.6 is 0 Å². The summed E-state index contributed by atoms with van der Waals surface area (Å²) >= 11 is 0. The standard InChI is InChI=1S/C30H35N3O2/c1-21-9-13-23(14-10-21)19-33-28(34)27-18-17-26(24-7-5-4-6-8-24)32(27)20-30(33,3)29(35)31-25-15-11-22(2)12-16-25/h4-10,13-14,17-18,22,25H,11-12,15-16,19-20H2,1-3H3,(H,31,35). The molecule has 5 nitrogen and oxygen atoms in total. The summed E-state index contributed by atoms with van der Waals surface area (Å²) in [6, 6.07) is 22.4. The molecule has 1 atom stereocenters. The van der Waals surface area contributed by atoms with Gasteiger partial charge in [-0.3, -0.25) is 9.59 Å². The van der Waals surface area contributed by atoms with E-state index in [2.05, 4.69) is 31.3 Å². The van der Waals surface area contributed by atoms with Crippen LogP contribution in [-0.4, -0.2) is 32.9 Å². The van der Waals surface area contributed by atoms with Crippen molar-refractivity contribution in [1.82, 2.24) is 14.8 Å². The number of rotatable bonds is 5. The van der Waals surface area contributed by atoms with Crippen molar-refractivity contribution in [3.8, 4) is 11.3 Å². The first kappa shape index (κ1) is 23.4. The van der Waals surface area contributed by atoms with Gasteiger partial charge < -0.3 is 14.8 Å². The van der Waals surface area contributed by atoms with Crippen LogP contribution in [0.4, 0.5) is 0 Å². The van der Waals surface area contributed by atoms with Gasteiger partial charge in [0, 0.05) is 18.3 Å². The molecule has 2 heterocycles. The molecule has 1 N–H and O–H groups in total. The maximum Gasteiger partial charge on any atom is 0.271 e. The van der Waals surface area contributed by atoms with E-state index in [1.165, 1.54) is 5.56 Å². The molecule has 0 radical (unpaired) electrons. The molecular weight excluding hydrogens is 434 g/mol. The Labute approximate surface area is 208 Å². The highest BCUT2D eigenvalue weighted by atomic mass is 16.2. The molecule has 2 aliphatic rings. The number of aryl methyl sites for hydroxylation is 1. The van der Waals surface area contributed by atoms with Crippen molar-refractivity contribution < 1.29 is 9.59 Å². The third-order valence-corrected chi connectivity index (χ3v) is 7.88. The highest BCUT2D eigenvalue weighted by Crippen LogP contribution is 2.35. The molecule has 182 valence electrons. The van der Waals surface area contributed by atoms with E-state index in [4.69, 9.17) is 0 Å². The van der Waals surface area contributed by atoms with Crippen molar-refractivity contribution >= 4 is 11.8 Å². The van der Waals surface area contributed by atoms with Gasteiger partial charge in [-0.15, -0.1) is 0 Å². The lowest BCUT2D eigenvalue weighted by Gasteiger charge is -2.45. The molecule has 1 aliphatic carbocycles. The third-order valence-electron chi connectivity index (χ3n) is 7.88. The van der Waals surface area contributed by atoms with Crippen molar-refractivity contribution in [2.24, 2.45) is 5.92 Å². The Balaban J connectivity index is 1.51. The number of nitrogens with zero attached hydrogens (tertiary/aromatic N) is 2. The number of nitrogens with one attached hydrogen (secondary N) is 1. The van der Waals surface area contributed by atoms with Crippen LogP contribution in [0.15, 0.2) is 66.7 Å². The molecule has 1 aromatic heterocycles. The summed E-state index contributed by atoms with van der Waals surface area (Å²) in [7, 11) is 0. The van der Waals surface area contributed by atoms with Crippen LogP contribution in [0.25, 0.3) is 11.3 Å². The lowest BCUT2D eigenvalue weighted by atomic mass is 9.86. The average molecular weight is 470 g/mol. The fourth-order valence-corrected chi connectivity index (χ4v) is 5.50. The van der Waals surface area contributed by atoms with E-state index in [-0.39, 0.29) is 17.9 Å². The lowest BCUT2D eigenvalue weighted by molar-refractivity contribution is -0.134. The number of benzene rings is 2. The summed E-state index contributed by atoms with van der Waals surface area (Å²) in [5, 5.41) is 3.33. The molecule has 0 bridgehead atoms. The first-order valence-electron chi connectivity index (χ1n) is 12.8. The van der Waals surface area contributed by atoms with Crippen molar-refractivity contribution in [2.75, 3.05) is 0 Å². The van der Waals surface area contributed by atoms with Gasteiger partial charge in [-0.25, -0.2) is 0 Å². The number of carbonyl (C=O) groups excluding carboxylic acids is 2. The highest BCUT2D eigenvalue weighted by Gasteiger charge is 2.48. The third kappa shape index (κ3) is 4.52. The second-order valence-corrected chi connectivity index (χ2v) is 10.6. The monoisotopic (exact) mass is 469 g/mol. The second-order valence-electron chi connectivity index (χ2n) is 10.6. The maximum absolute atomic E-state index is 13.9. The topological polar surface area (TPSA) is 54.3 Å². The molecule has 3 aromatic rings. The van der Waals surface area contributed by atoms with E-state index in [1.807, 2.05) is 66.1 Å². The van der Waals surface area contributed by atoms with Crippen LogP contribution in [0, 0.1) is 12.8 Å². The fraction of sp³-hybridized carbons (Fsp3) is 0.400. The Morgan fingerprint density at radius 2 is 1.60 bits per heavy atom. The molecule has 2 aromatic carbocycles. The van der Waals surface area contributed by atoms with Crippen LogP contribution in [0.3, 0.4) is 0 Å². The highest BCUT2D eigenvalue weighted by molar-refractivity contribution is 6.00. The SMILES string of the molecule is Cc1ccc(CN2C(=O)c3ccc(-c4ccccc4)n3CC2(C)C(=O)NC2CCC(C)CC2)cc1. The maximum atomic E-state index is 13.9. The first-order valence-corrected chi connectivity index (χ1v) is 12.8. The van der Waals surface area contributed by atoms with Crippen LogP contribution in [0.5, 0.6) is 0 Å². The number of hydrogen-bond acceptors (Lipinski definition) is 2. The smallest absolute Gasteiger partial charge is 0.271 e. The minimum atomic E-state index is -0.999. The minimum Gasteiger partial charge on any atom is -0.351 e. The quantitative estimate of drug-likeness (QED) is 0.531. The average Bonchev–Trinajstić information content (AvgIpc) is 3.28. The zero-order valence-corrected chi connectivity index (χ0v) is 21.0. The molecular formula is C30H35N3O2. The van der Waals surface area contributed by atoms with Gasteiger partial charge in [0.2, 0.25) is 5.91 Å². The molecule has 1 saturated carbocycles. The summed E-state index contributed by atoms with van der Waals surface area (Å²) < 4.78 is 2.03. The van der Waals surface area contributed by atoms with Gasteiger partial charge in [0.25, 0.3) is 5.91 Å². The van der Waals surface area contributed by atoms with E-state index in [1.54, 1.807) is 4.90 Å². The Hall–Kier alpha value is -3.34. The number of hydrogen-bond donors (Lipinski definition) is 1. The summed E-state index contributed by atoms with van der Waals surface area (Å²) in [5.74, 6) is 0.550. The lowest BCUT2D eigenvalue weighted by Crippen LogP contribution is -2.64. The Bertz CT molecular complexity index is 1210. The summed E-state index contributed by atoms with van der Waals surface area (Å²) in [6.07, 6.45) is 4.26. The molecule has 0 spiro atoms. The van der Waals surface area contributed by atoms with Gasteiger partial charge in [-0.1, -0.05) is 67.1 Å². The Kier molecular flexibility index (Phi) is 6.26. The van der Waals surface area contributed by atoms with Crippen LogP contribution < -0.4 is 5.32 Å². The summed E-state index contributed by atoms with van der Waals surface area (Å²) in [5.41, 5.74) is 3.84. The zero-order valence-electron chi connectivity index (χ0n) is 21.0. The van der Waals surface area contributed by atoms with Crippen molar-refractivity contribution in [1.29, 1.82) is 0 Å². The van der Waals surface area contributed by atoms with Crippen LogP contribution in [0.2, 0.25) is 0 Å². The van der Waals surface area contributed by atoms with E-state index in [0.29, 0.717) is 24.7 Å². The summed E-state index contributed by atoms with van der Waals surface area (Å²) in [4.78, 5) is 29.6. The molecule has 5 heteroatoms. The minimum absolute atomic E-state index is 0.0594. The Morgan fingerprint density at radius 3 is 2.29 bits per heavy atom. The fourth-order valence-electron chi connectivity index (χ4n) is 5.50. The molecule has 5 rings (SSSR count). The first-order chi connectivity index (χ1) is 16.8. The Morgan fingerprint density at radius 1 is 0.943 bits per heavy atom. The molecule has 1 aliphatic heterocycles. The van der Waals surface area contributed by atoms with E-state index >= 15 is 0 Å².